The monoisotopic (exact) mass is 495 g/mol. The number of nitrogens with one attached hydrogen (secondary N) is 1. The zero-order valence-corrected chi connectivity index (χ0v) is 19.9. The Bertz CT molecular complexity index is 1360. The van der Waals surface area contributed by atoms with Crippen LogP contribution in [0.25, 0.3) is 0 Å². The first-order valence-corrected chi connectivity index (χ1v) is 11.6. The molecular weight excluding hydrogens is 470 g/mol. The highest BCUT2D eigenvalue weighted by Gasteiger charge is 2.09. The van der Waals surface area contributed by atoms with Gasteiger partial charge in [0.1, 0.15) is 24.7 Å². The van der Waals surface area contributed by atoms with Crippen molar-refractivity contribution in [3.05, 3.63) is 135 Å². The highest BCUT2D eigenvalue weighted by atomic mass is 16.6. The number of carbonyl (C=O) groups is 1. The van der Waals surface area contributed by atoms with Gasteiger partial charge in [0.05, 0.1) is 17.6 Å². The molecule has 0 aliphatic carbocycles. The molecule has 0 spiro atoms. The number of hydrogen-bond acceptors (Lipinski definition) is 6. The second-order valence-corrected chi connectivity index (χ2v) is 8.14. The van der Waals surface area contributed by atoms with Gasteiger partial charge < -0.3 is 9.47 Å². The zero-order valence-electron chi connectivity index (χ0n) is 19.9. The van der Waals surface area contributed by atoms with E-state index in [1.807, 2.05) is 72.8 Å². The van der Waals surface area contributed by atoms with Gasteiger partial charge in [-0.25, -0.2) is 5.43 Å². The maximum atomic E-state index is 12.3. The first-order chi connectivity index (χ1) is 18.1. The molecule has 0 atom stereocenters. The van der Waals surface area contributed by atoms with Gasteiger partial charge >= 0.3 is 0 Å². The Labute approximate surface area is 214 Å². The van der Waals surface area contributed by atoms with Crippen LogP contribution in [0.5, 0.6) is 11.5 Å². The van der Waals surface area contributed by atoms with Crippen LogP contribution in [-0.4, -0.2) is 17.0 Å². The molecule has 0 aliphatic heterocycles. The van der Waals surface area contributed by atoms with E-state index in [-0.39, 0.29) is 18.0 Å². The Morgan fingerprint density at radius 3 is 2.05 bits per heavy atom. The van der Waals surface area contributed by atoms with Gasteiger partial charge in [0, 0.05) is 23.8 Å². The lowest BCUT2D eigenvalue weighted by Crippen LogP contribution is -2.19. The number of amides is 1. The summed E-state index contributed by atoms with van der Waals surface area (Å²) in [6.45, 7) is 0.779. The van der Waals surface area contributed by atoms with Crippen LogP contribution in [0.1, 0.15) is 22.3 Å². The Kier molecular flexibility index (Phi) is 8.59. The molecule has 4 aromatic carbocycles. The molecule has 0 fully saturated rings. The van der Waals surface area contributed by atoms with Crippen LogP contribution in [0.4, 0.5) is 5.69 Å². The minimum atomic E-state index is -0.483. The largest absolute Gasteiger partial charge is 0.489 e. The minimum Gasteiger partial charge on any atom is -0.489 e. The van der Waals surface area contributed by atoms with Gasteiger partial charge in [-0.05, 0) is 28.8 Å². The van der Waals surface area contributed by atoms with E-state index >= 15 is 0 Å². The second-order valence-electron chi connectivity index (χ2n) is 8.14. The number of hydrogen-bond donors (Lipinski definition) is 1. The lowest BCUT2D eigenvalue weighted by molar-refractivity contribution is -0.384. The predicted molar refractivity (Wildman–Crippen MR) is 141 cm³/mol. The highest BCUT2D eigenvalue weighted by molar-refractivity contribution is 5.86. The number of benzene rings is 4. The van der Waals surface area contributed by atoms with Gasteiger partial charge in [0.2, 0.25) is 5.91 Å². The molecule has 0 aromatic heterocycles. The Morgan fingerprint density at radius 1 is 0.811 bits per heavy atom. The maximum absolute atomic E-state index is 12.3. The predicted octanol–water partition coefficient (Wildman–Crippen LogP) is 5.45. The molecule has 0 unspecified atom stereocenters. The second kappa shape index (κ2) is 12.6. The maximum Gasteiger partial charge on any atom is 0.269 e. The van der Waals surface area contributed by atoms with E-state index in [0.717, 1.165) is 11.1 Å². The Morgan fingerprint density at radius 2 is 1.43 bits per heavy atom. The summed E-state index contributed by atoms with van der Waals surface area (Å²) in [6.07, 6.45) is 1.55. The summed E-state index contributed by atoms with van der Waals surface area (Å²) in [4.78, 5) is 22.6. The third kappa shape index (κ3) is 7.76. The van der Waals surface area contributed by atoms with Crippen molar-refractivity contribution in [3.8, 4) is 11.5 Å². The van der Waals surface area contributed by atoms with E-state index in [9.17, 15) is 14.9 Å². The number of hydrazone groups is 1. The fraction of sp³-hybridized carbons (Fsp3) is 0.103. The molecule has 0 heterocycles. The van der Waals surface area contributed by atoms with Crippen molar-refractivity contribution >= 4 is 17.8 Å². The van der Waals surface area contributed by atoms with Crippen molar-refractivity contribution in [1.82, 2.24) is 5.43 Å². The molecule has 4 rings (SSSR count). The summed E-state index contributed by atoms with van der Waals surface area (Å²) < 4.78 is 12.0. The average molecular weight is 496 g/mol. The summed E-state index contributed by atoms with van der Waals surface area (Å²) >= 11 is 0. The number of nitro benzene ring substituents is 1. The molecule has 1 amide bonds. The molecule has 0 saturated heterocycles. The van der Waals surface area contributed by atoms with Crippen LogP contribution in [0, 0.1) is 10.1 Å². The molecule has 186 valence electrons. The van der Waals surface area contributed by atoms with E-state index < -0.39 is 4.92 Å². The van der Waals surface area contributed by atoms with Gasteiger partial charge in [0.25, 0.3) is 5.69 Å². The van der Waals surface area contributed by atoms with Crippen molar-refractivity contribution in [2.24, 2.45) is 5.10 Å². The minimum absolute atomic E-state index is 0.0265. The third-order valence-corrected chi connectivity index (χ3v) is 5.38. The van der Waals surface area contributed by atoms with Crippen LogP contribution < -0.4 is 14.9 Å². The van der Waals surface area contributed by atoms with E-state index in [4.69, 9.17) is 9.47 Å². The fourth-order valence-electron chi connectivity index (χ4n) is 3.45. The van der Waals surface area contributed by atoms with E-state index in [1.165, 1.54) is 18.3 Å². The first-order valence-electron chi connectivity index (χ1n) is 11.6. The highest BCUT2D eigenvalue weighted by Crippen LogP contribution is 2.25. The van der Waals surface area contributed by atoms with Crippen LogP contribution >= 0.6 is 0 Å². The van der Waals surface area contributed by atoms with Crippen molar-refractivity contribution in [2.75, 3.05) is 0 Å². The normalized spacial score (nSPS) is 10.7. The number of nitro groups is 1. The van der Waals surface area contributed by atoms with Gasteiger partial charge in [-0.1, -0.05) is 72.8 Å². The summed E-state index contributed by atoms with van der Waals surface area (Å²) in [7, 11) is 0. The first kappa shape index (κ1) is 25.1. The molecule has 0 aliphatic rings. The van der Waals surface area contributed by atoms with Gasteiger partial charge in [-0.3, -0.25) is 14.9 Å². The standard InChI is InChI=1S/C29H25N3O5/c33-29(17-22-11-14-26(15-12-22)32(34)35)31-30-19-25-13-16-27(36-20-23-7-3-1-4-8-23)18-28(25)37-21-24-9-5-2-6-10-24/h1-16,18-19H,17,20-21H2,(H,31,33)/b30-19+. The van der Waals surface area contributed by atoms with Crippen LogP contribution in [0.3, 0.4) is 0 Å². The van der Waals surface area contributed by atoms with Crippen molar-refractivity contribution in [1.29, 1.82) is 0 Å². The number of rotatable bonds is 11. The molecule has 0 bridgehead atoms. The lowest BCUT2D eigenvalue weighted by Gasteiger charge is -2.12. The van der Waals surface area contributed by atoms with Crippen LogP contribution in [0.15, 0.2) is 108 Å². The number of ether oxygens (including phenoxy) is 2. The molecule has 8 nitrogen and oxygen atoms in total. The van der Waals surface area contributed by atoms with Crippen molar-refractivity contribution in [2.45, 2.75) is 19.6 Å². The summed E-state index contributed by atoms with van der Waals surface area (Å²) in [5.74, 6) is 0.855. The Balaban J connectivity index is 1.42. The van der Waals surface area contributed by atoms with Gasteiger partial charge in [-0.15, -0.1) is 0 Å². The van der Waals surface area contributed by atoms with Crippen molar-refractivity contribution < 1.29 is 19.2 Å². The zero-order chi connectivity index (χ0) is 25.9. The van der Waals surface area contributed by atoms with Gasteiger partial charge in [0.15, 0.2) is 0 Å². The smallest absolute Gasteiger partial charge is 0.269 e. The molecular formula is C29H25N3O5. The summed E-state index contributed by atoms with van der Waals surface area (Å²) in [5.41, 5.74) is 5.83. The summed E-state index contributed by atoms with van der Waals surface area (Å²) in [6, 6.07) is 30.9. The number of nitrogens with zero attached hydrogens (tertiary/aromatic N) is 2. The molecule has 1 N–H and O–H groups in total. The number of non-ortho nitro benzene ring substituents is 1. The third-order valence-electron chi connectivity index (χ3n) is 5.38. The molecule has 8 heteroatoms. The van der Waals surface area contributed by atoms with E-state index in [0.29, 0.717) is 35.8 Å². The topological polar surface area (TPSA) is 103 Å². The van der Waals surface area contributed by atoms with Crippen LogP contribution in [0.2, 0.25) is 0 Å². The van der Waals surface area contributed by atoms with Crippen LogP contribution in [-0.2, 0) is 24.4 Å². The molecule has 4 aromatic rings. The average Bonchev–Trinajstić information content (AvgIpc) is 2.93. The van der Waals surface area contributed by atoms with Gasteiger partial charge in [-0.2, -0.15) is 5.10 Å². The lowest BCUT2D eigenvalue weighted by atomic mass is 10.1. The van der Waals surface area contributed by atoms with E-state index in [1.54, 1.807) is 18.2 Å². The number of carbonyl (C=O) groups excluding carboxylic acids is 1. The quantitative estimate of drug-likeness (QED) is 0.169. The molecule has 0 saturated carbocycles. The van der Waals surface area contributed by atoms with Crippen molar-refractivity contribution in [3.63, 3.8) is 0 Å². The molecule has 0 radical (unpaired) electrons. The summed E-state index contributed by atoms with van der Waals surface area (Å²) in [5, 5.41) is 14.8. The van der Waals surface area contributed by atoms with E-state index in [2.05, 4.69) is 10.5 Å². The molecule has 37 heavy (non-hydrogen) atoms. The SMILES string of the molecule is O=C(Cc1ccc([N+](=O)[O-])cc1)N/N=C/c1ccc(OCc2ccccc2)cc1OCc1ccccc1. The fourth-order valence-corrected chi connectivity index (χ4v) is 3.45. The Hall–Kier alpha value is -4.98.